The molecule has 0 fully saturated rings. The van der Waals surface area contributed by atoms with E-state index in [1.165, 1.54) is 10.9 Å². The molecule has 102 valence electrons. The molecule has 0 saturated heterocycles. The number of aryl methyl sites for hydroxylation is 1. The first-order chi connectivity index (χ1) is 8.95. The molecule has 19 heavy (non-hydrogen) atoms. The van der Waals surface area contributed by atoms with Crippen LogP contribution in [0.4, 0.5) is 13.2 Å². The van der Waals surface area contributed by atoms with Crippen LogP contribution in [0.5, 0.6) is 0 Å². The lowest BCUT2D eigenvalue weighted by molar-refractivity contribution is 0.504. The Balaban J connectivity index is 2.56. The molecule has 0 aliphatic carbocycles. The quantitative estimate of drug-likeness (QED) is 0.937. The molecular formula is C12H11BrF3N3. The summed E-state index contributed by atoms with van der Waals surface area (Å²) in [5.41, 5.74) is 5.96. The first-order valence-corrected chi connectivity index (χ1v) is 6.36. The molecule has 1 atom stereocenters. The molecule has 0 bridgehead atoms. The van der Waals surface area contributed by atoms with Gasteiger partial charge in [-0.3, -0.25) is 4.68 Å². The molecule has 0 aliphatic rings. The van der Waals surface area contributed by atoms with E-state index in [-0.39, 0.29) is 5.56 Å². The Morgan fingerprint density at radius 3 is 2.42 bits per heavy atom. The highest BCUT2D eigenvalue weighted by atomic mass is 79.9. The highest BCUT2D eigenvalue weighted by Gasteiger charge is 2.24. The van der Waals surface area contributed by atoms with Crippen molar-refractivity contribution in [1.82, 2.24) is 9.78 Å². The summed E-state index contributed by atoms with van der Waals surface area (Å²) >= 11 is 3.24. The molecule has 1 heterocycles. The van der Waals surface area contributed by atoms with Crippen molar-refractivity contribution in [3.8, 4) is 0 Å². The van der Waals surface area contributed by atoms with Gasteiger partial charge in [0.15, 0.2) is 0 Å². The molecule has 2 N–H and O–H groups in total. The molecule has 0 amide bonds. The van der Waals surface area contributed by atoms with Gasteiger partial charge in [0.05, 0.1) is 22.4 Å². The van der Waals surface area contributed by atoms with Gasteiger partial charge in [-0.1, -0.05) is 0 Å². The molecule has 0 aliphatic heterocycles. The van der Waals surface area contributed by atoms with Gasteiger partial charge in [0.2, 0.25) is 0 Å². The molecule has 1 aromatic carbocycles. The van der Waals surface area contributed by atoms with Gasteiger partial charge in [-0.15, -0.1) is 0 Å². The standard InChI is InChI=1S/C12H11BrF3N3/c1-2-19-12(7(13)5-18-19)11(17)10-8(15)3-6(14)4-9(10)16/h3-5,11H,2,17H2,1H3. The molecule has 0 saturated carbocycles. The second-order valence-corrected chi connectivity index (χ2v) is 4.81. The molecule has 2 aromatic rings. The largest absolute Gasteiger partial charge is 0.319 e. The Bertz CT molecular complexity index is 589. The molecule has 0 radical (unpaired) electrons. The Morgan fingerprint density at radius 1 is 1.32 bits per heavy atom. The Hall–Kier alpha value is -1.34. The van der Waals surface area contributed by atoms with Crippen molar-refractivity contribution in [3.05, 3.63) is 51.5 Å². The Morgan fingerprint density at radius 2 is 1.89 bits per heavy atom. The summed E-state index contributed by atoms with van der Waals surface area (Å²) in [5.74, 6) is -3.00. The number of hydrogen-bond donors (Lipinski definition) is 1. The lowest BCUT2D eigenvalue weighted by Crippen LogP contribution is -2.20. The van der Waals surface area contributed by atoms with E-state index >= 15 is 0 Å². The van der Waals surface area contributed by atoms with Crippen LogP contribution in [0, 0.1) is 17.5 Å². The van der Waals surface area contributed by atoms with Gasteiger partial charge < -0.3 is 5.73 Å². The molecule has 7 heteroatoms. The summed E-state index contributed by atoms with van der Waals surface area (Å²) in [6.45, 7) is 2.33. The van der Waals surface area contributed by atoms with Crippen molar-refractivity contribution in [1.29, 1.82) is 0 Å². The van der Waals surface area contributed by atoms with Crippen LogP contribution in [0.3, 0.4) is 0 Å². The van der Waals surface area contributed by atoms with Gasteiger partial charge in [-0.05, 0) is 22.9 Å². The Kier molecular flexibility index (Phi) is 3.96. The zero-order valence-electron chi connectivity index (χ0n) is 10.0. The van der Waals surface area contributed by atoms with E-state index in [1.807, 2.05) is 6.92 Å². The minimum Gasteiger partial charge on any atom is -0.319 e. The third-order valence-electron chi connectivity index (χ3n) is 2.78. The van der Waals surface area contributed by atoms with Crippen LogP contribution in [0.15, 0.2) is 22.8 Å². The number of nitrogens with two attached hydrogens (primary N) is 1. The van der Waals surface area contributed by atoms with E-state index in [0.29, 0.717) is 28.8 Å². The van der Waals surface area contributed by atoms with Crippen LogP contribution in [0.25, 0.3) is 0 Å². The fourth-order valence-corrected chi connectivity index (χ4v) is 2.46. The average Bonchev–Trinajstić information content (AvgIpc) is 2.68. The summed E-state index contributed by atoms with van der Waals surface area (Å²) in [6, 6.07) is 0.148. The maximum atomic E-state index is 13.7. The second kappa shape index (κ2) is 5.34. The van der Waals surface area contributed by atoms with E-state index in [4.69, 9.17) is 5.73 Å². The van der Waals surface area contributed by atoms with Gasteiger partial charge >= 0.3 is 0 Å². The van der Waals surface area contributed by atoms with Crippen molar-refractivity contribution in [2.75, 3.05) is 0 Å². The van der Waals surface area contributed by atoms with Crippen LogP contribution in [0.1, 0.15) is 24.2 Å². The van der Waals surface area contributed by atoms with Crippen molar-refractivity contribution in [3.63, 3.8) is 0 Å². The number of rotatable bonds is 3. The fraction of sp³-hybridized carbons (Fsp3) is 0.250. The number of benzene rings is 1. The zero-order valence-corrected chi connectivity index (χ0v) is 11.6. The Labute approximate surface area is 116 Å². The van der Waals surface area contributed by atoms with Gasteiger partial charge in [-0.25, -0.2) is 13.2 Å². The third kappa shape index (κ3) is 2.52. The number of nitrogens with zero attached hydrogens (tertiary/aromatic N) is 2. The van der Waals surface area contributed by atoms with Crippen molar-refractivity contribution < 1.29 is 13.2 Å². The molecule has 1 aromatic heterocycles. The van der Waals surface area contributed by atoms with Crippen LogP contribution in [0.2, 0.25) is 0 Å². The average molecular weight is 334 g/mol. The van der Waals surface area contributed by atoms with Crippen LogP contribution in [-0.2, 0) is 6.54 Å². The minimum atomic E-state index is -1.07. The van der Waals surface area contributed by atoms with E-state index in [0.717, 1.165) is 0 Å². The van der Waals surface area contributed by atoms with Crippen LogP contribution in [-0.4, -0.2) is 9.78 Å². The van der Waals surface area contributed by atoms with Gasteiger partial charge in [-0.2, -0.15) is 5.10 Å². The highest BCUT2D eigenvalue weighted by Crippen LogP contribution is 2.30. The lowest BCUT2D eigenvalue weighted by atomic mass is 10.0. The first-order valence-electron chi connectivity index (χ1n) is 5.57. The van der Waals surface area contributed by atoms with E-state index < -0.39 is 23.5 Å². The van der Waals surface area contributed by atoms with Gasteiger partial charge in [0.1, 0.15) is 17.5 Å². The summed E-state index contributed by atoms with van der Waals surface area (Å²) in [7, 11) is 0. The van der Waals surface area contributed by atoms with E-state index in [1.54, 1.807) is 0 Å². The number of hydrogen-bond acceptors (Lipinski definition) is 2. The normalized spacial score (nSPS) is 12.7. The summed E-state index contributed by atoms with van der Waals surface area (Å²) in [5, 5.41) is 4.03. The van der Waals surface area contributed by atoms with Crippen LogP contribution < -0.4 is 5.73 Å². The fourth-order valence-electron chi connectivity index (χ4n) is 1.92. The summed E-state index contributed by atoms with van der Waals surface area (Å²) in [4.78, 5) is 0. The highest BCUT2D eigenvalue weighted by molar-refractivity contribution is 9.10. The van der Waals surface area contributed by atoms with E-state index in [2.05, 4.69) is 21.0 Å². The minimum absolute atomic E-state index is 0.377. The molecule has 1 unspecified atom stereocenters. The topological polar surface area (TPSA) is 43.8 Å². The first kappa shape index (κ1) is 14.1. The number of aromatic nitrogens is 2. The number of halogens is 4. The third-order valence-corrected chi connectivity index (χ3v) is 3.39. The monoisotopic (exact) mass is 333 g/mol. The SMILES string of the molecule is CCn1ncc(Br)c1C(N)c1c(F)cc(F)cc1F. The predicted molar refractivity (Wildman–Crippen MR) is 67.9 cm³/mol. The second-order valence-electron chi connectivity index (χ2n) is 3.95. The molecular weight excluding hydrogens is 323 g/mol. The summed E-state index contributed by atoms with van der Waals surface area (Å²) < 4.78 is 42.4. The van der Waals surface area contributed by atoms with Gasteiger partial charge in [0, 0.05) is 24.2 Å². The predicted octanol–water partition coefficient (Wildman–Crippen LogP) is 3.13. The van der Waals surface area contributed by atoms with E-state index in [9.17, 15) is 13.2 Å². The lowest BCUT2D eigenvalue weighted by Gasteiger charge is -2.16. The van der Waals surface area contributed by atoms with Crippen LogP contribution >= 0.6 is 15.9 Å². The zero-order chi connectivity index (χ0) is 14.2. The van der Waals surface area contributed by atoms with Gasteiger partial charge in [0.25, 0.3) is 0 Å². The molecule has 3 nitrogen and oxygen atoms in total. The van der Waals surface area contributed by atoms with Crippen molar-refractivity contribution in [2.45, 2.75) is 19.5 Å². The van der Waals surface area contributed by atoms with Crippen molar-refractivity contribution in [2.24, 2.45) is 5.73 Å². The maximum Gasteiger partial charge on any atom is 0.134 e. The maximum absolute atomic E-state index is 13.7. The molecule has 0 spiro atoms. The molecule has 2 rings (SSSR count). The van der Waals surface area contributed by atoms with Crippen molar-refractivity contribution >= 4 is 15.9 Å². The summed E-state index contributed by atoms with van der Waals surface area (Å²) in [6.07, 6.45) is 1.50. The smallest absolute Gasteiger partial charge is 0.134 e.